The maximum absolute atomic E-state index is 14.4. The number of carbonyl (C=O) groups is 2. The molecular weight excluding hydrogens is 357 g/mol. The van der Waals surface area contributed by atoms with Gasteiger partial charge >= 0.3 is 0 Å². The van der Waals surface area contributed by atoms with Crippen molar-refractivity contribution in [2.75, 3.05) is 17.2 Å². The predicted molar refractivity (Wildman–Crippen MR) is 101 cm³/mol. The summed E-state index contributed by atoms with van der Waals surface area (Å²) >= 11 is 1.21. The Morgan fingerprint density at radius 2 is 2.12 bits per heavy atom. The van der Waals surface area contributed by atoms with Crippen LogP contribution in [0, 0.1) is 18.7 Å². The molecule has 0 spiro atoms. The molecule has 2 aromatic rings. The first-order valence-corrected chi connectivity index (χ1v) is 8.87. The molecule has 1 heterocycles. The lowest BCUT2D eigenvalue weighted by molar-refractivity contribution is -0.108. The van der Waals surface area contributed by atoms with Crippen LogP contribution in [0.1, 0.15) is 29.4 Å². The third kappa shape index (κ3) is 4.99. The number of hydrogen-bond donors (Lipinski definition) is 4. The van der Waals surface area contributed by atoms with Gasteiger partial charge in [0.05, 0.1) is 28.7 Å². The van der Waals surface area contributed by atoms with Crippen LogP contribution in [-0.4, -0.2) is 29.2 Å². The fraction of sp³-hybridized carbons (Fsp3) is 0.353. The van der Waals surface area contributed by atoms with Gasteiger partial charge in [-0.05, 0) is 55.5 Å². The number of nitrogens with zero attached hydrogens (tertiary/aromatic N) is 1. The number of aryl methyl sites for hydroxylation is 1. The Kier molecular flexibility index (Phi) is 6.64. The number of aldehydes is 1. The van der Waals surface area contributed by atoms with E-state index in [2.05, 4.69) is 15.0 Å². The fourth-order valence-corrected chi connectivity index (χ4v) is 3.10. The molecule has 140 valence electrons. The Morgan fingerprint density at radius 3 is 2.65 bits per heavy atom. The molecule has 6 N–H and O–H groups in total. The van der Waals surface area contributed by atoms with E-state index in [1.54, 1.807) is 6.07 Å². The van der Waals surface area contributed by atoms with E-state index in [9.17, 15) is 14.0 Å². The second-order valence-electron chi connectivity index (χ2n) is 6.16. The van der Waals surface area contributed by atoms with Crippen molar-refractivity contribution < 1.29 is 14.0 Å². The lowest BCUT2D eigenvalue weighted by Gasteiger charge is -2.19. The number of halogens is 1. The maximum atomic E-state index is 14.4. The number of nitrogens with two attached hydrogens (primary N) is 2. The van der Waals surface area contributed by atoms with Crippen molar-refractivity contribution in [3.8, 4) is 0 Å². The Hall–Kier alpha value is -2.52. The molecule has 1 amide bonds. The summed E-state index contributed by atoms with van der Waals surface area (Å²) < 4.78 is 18.5. The lowest BCUT2D eigenvalue weighted by Crippen LogP contribution is -2.27. The van der Waals surface area contributed by atoms with Gasteiger partial charge in [-0.3, -0.25) is 4.79 Å². The highest BCUT2D eigenvalue weighted by Crippen LogP contribution is 2.29. The van der Waals surface area contributed by atoms with E-state index >= 15 is 0 Å². The van der Waals surface area contributed by atoms with Gasteiger partial charge in [0.25, 0.3) is 5.91 Å². The van der Waals surface area contributed by atoms with E-state index in [0.717, 1.165) is 11.8 Å². The molecule has 0 aliphatic heterocycles. The molecule has 2 atom stereocenters. The van der Waals surface area contributed by atoms with Gasteiger partial charge in [0.1, 0.15) is 17.1 Å². The molecule has 1 aromatic carbocycles. The molecule has 0 fully saturated rings. The quantitative estimate of drug-likeness (QED) is 0.496. The third-order valence-corrected chi connectivity index (χ3v) is 4.62. The maximum Gasteiger partial charge on any atom is 0.250 e. The molecule has 9 heteroatoms. The molecule has 0 bridgehead atoms. The summed E-state index contributed by atoms with van der Waals surface area (Å²) in [6, 6.07) is 3.67. The van der Waals surface area contributed by atoms with E-state index < -0.39 is 17.8 Å². The van der Waals surface area contributed by atoms with Crippen molar-refractivity contribution in [1.29, 1.82) is 0 Å². The Balaban J connectivity index is 2.33. The van der Waals surface area contributed by atoms with E-state index in [1.807, 2.05) is 13.8 Å². The van der Waals surface area contributed by atoms with Crippen molar-refractivity contribution in [3.63, 3.8) is 0 Å². The van der Waals surface area contributed by atoms with E-state index in [-0.39, 0.29) is 17.2 Å². The summed E-state index contributed by atoms with van der Waals surface area (Å²) in [6.07, 6.45) is 1.18. The number of hydrogen-bond acceptors (Lipinski definition) is 7. The number of anilines is 3. The van der Waals surface area contributed by atoms with Gasteiger partial charge in [0.15, 0.2) is 0 Å². The first-order valence-electron chi connectivity index (χ1n) is 8.09. The number of aromatic nitrogens is 1. The minimum absolute atomic E-state index is 0.0112. The number of nitrogens with one attached hydrogen (secondary N) is 2. The Morgan fingerprint density at radius 1 is 1.38 bits per heavy atom. The third-order valence-electron chi connectivity index (χ3n) is 3.82. The van der Waals surface area contributed by atoms with Crippen molar-refractivity contribution in [2.45, 2.75) is 26.3 Å². The fourth-order valence-electron chi connectivity index (χ4n) is 2.42. The largest absolute Gasteiger partial charge is 0.373 e. The molecule has 2 rings (SSSR count). The van der Waals surface area contributed by atoms with Crippen molar-refractivity contribution in [3.05, 3.63) is 35.3 Å². The molecular formula is C17H22FN5O2S. The van der Waals surface area contributed by atoms with E-state index in [0.29, 0.717) is 29.9 Å². The highest BCUT2D eigenvalue weighted by molar-refractivity contribution is 7.10. The topological polar surface area (TPSA) is 123 Å². The average molecular weight is 379 g/mol. The standard InChI is InChI=1S/C17H22FN5O2S/c1-9(7-19)3-11(8-24)21-15-6-14(12(17(20)25)5-13(15)18)22-16-4-10(2)23-26-16/h4-6,8-9,11,21-22H,3,7,19H2,1-2H3,(H2,20,25). The summed E-state index contributed by atoms with van der Waals surface area (Å²) in [5.41, 5.74) is 12.2. The summed E-state index contributed by atoms with van der Waals surface area (Å²) in [4.78, 5) is 23.0. The van der Waals surface area contributed by atoms with Crippen LogP contribution >= 0.6 is 11.5 Å². The van der Waals surface area contributed by atoms with Crippen LogP contribution in [-0.2, 0) is 4.79 Å². The molecule has 7 nitrogen and oxygen atoms in total. The highest BCUT2D eigenvalue weighted by atomic mass is 32.1. The molecule has 1 aromatic heterocycles. The van der Waals surface area contributed by atoms with Gasteiger partial charge in [0.2, 0.25) is 0 Å². The van der Waals surface area contributed by atoms with Crippen molar-refractivity contribution in [2.24, 2.45) is 17.4 Å². The Labute approximate surface area is 155 Å². The number of amides is 1. The van der Waals surface area contributed by atoms with Gasteiger partial charge in [-0.2, -0.15) is 4.37 Å². The van der Waals surface area contributed by atoms with Crippen LogP contribution in [0.2, 0.25) is 0 Å². The smallest absolute Gasteiger partial charge is 0.250 e. The minimum Gasteiger partial charge on any atom is -0.373 e. The van der Waals surface area contributed by atoms with Crippen molar-refractivity contribution in [1.82, 2.24) is 4.37 Å². The predicted octanol–water partition coefficient (Wildman–Crippen LogP) is 2.40. The molecule has 0 saturated heterocycles. The molecule has 0 radical (unpaired) electrons. The zero-order chi connectivity index (χ0) is 19.3. The normalized spacial score (nSPS) is 13.1. The SMILES string of the molecule is Cc1cc(Nc2cc(NC(C=O)CC(C)CN)c(F)cc2C(N)=O)sn1. The molecule has 0 aliphatic rings. The van der Waals surface area contributed by atoms with Crippen LogP contribution in [0.3, 0.4) is 0 Å². The number of primary amides is 1. The lowest BCUT2D eigenvalue weighted by atomic mass is 10.0. The van der Waals surface area contributed by atoms with Crippen LogP contribution < -0.4 is 22.1 Å². The van der Waals surface area contributed by atoms with Crippen LogP contribution in [0.5, 0.6) is 0 Å². The summed E-state index contributed by atoms with van der Waals surface area (Å²) in [7, 11) is 0. The summed E-state index contributed by atoms with van der Waals surface area (Å²) in [6.45, 7) is 4.16. The first-order chi connectivity index (χ1) is 12.3. The van der Waals surface area contributed by atoms with Gasteiger partial charge in [-0.15, -0.1) is 0 Å². The number of carbonyl (C=O) groups excluding carboxylic acids is 2. The second-order valence-corrected chi connectivity index (χ2v) is 6.97. The van der Waals surface area contributed by atoms with Gasteiger partial charge in [0, 0.05) is 0 Å². The monoisotopic (exact) mass is 379 g/mol. The summed E-state index contributed by atoms with van der Waals surface area (Å²) in [5, 5.41) is 6.57. The number of rotatable bonds is 9. The second kappa shape index (κ2) is 8.72. The molecule has 0 aliphatic carbocycles. The Bertz CT molecular complexity index is 795. The van der Waals surface area contributed by atoms with Crippen LogP contribution in [0.15, 0.2) is 18.2 Å². The zero-order valence-electron chi connectivity index (χ0n) is 14.6. The molecule has 0 saturated carbocycles. The van der Waals surface area contributed by atoms with E-state index in [4.69, 9.17) is 11.5 Å². The first kappa shape index (κ1) is 19.8. The number of benzene rings is 1. The highest BCUT2D eigenvalue weighted by Gasteiger charge is 2.18. The molecule has 26 heavy (non-hydrogen) atoms. The van der Waals surface area contributed by atoms with Crippen LogP contribution in [0.25, 0.3) is 0 Å². The average Bonchev–Trinajstić information content (AvgIpc) is 3.01. The van der Waals surface area contributed by atoms with Gasteiger partial charge in [-0.25, -0.2) is 4.39 Å². The van der Waals surface area contributed by atoms with Crippen molar-refractivity contribution >= 4 is 40.1 Å². The molecule has 2 unspecified atom stereocenters. The van der Waals surface area contributed by atoms with Gasteiger partial charge in [-0.1, -0.05) is 6.92 Å². The van der Waals surface area contributed by atoms with E-state index in [1.165, 1.54) is 17.6 Å². The van der Waals surface area contributed by atoms with Crippen LogP contribution in [0.4, 0.5) is 20.8 Å². The minimum atomic E-state index is -0.761. The zero-order valence-corrected chi connectivity index (χ0v) is 15.4. The van der Waals surface area contributed by atoms with Gasteiger partial charge < -0.3 is 26.9 Å². The summed E-state index contributed by atoms with van der Waals surface area (Å²) in [5.74, 6) is -1.33.